The van der Waals surface area contributed by atoms with E-state index >= 15 is 0 Å². The predicted molar refractivity (Wildman–Crippen MR) is 75.5 cm³/mol. The molecule has 2 aliphatic rings. The van der Waals surface area contributed by atoms with Crippen LogP contribution in [0.25, 0.3) is 22.4 Å². The zero-order valence-corrected chi connectivity index (χ0v) is 12.5. The van der Waals surface area contributed by atoms with Crippen molar-refractivity contribution in [2.75, 3.05) is 0 Å². The number of hydrogen-bond donors (Lipinski definition) is 1. The Bertz CT molecular complexity index is 1100. The molecule has 1 aliphatic carbocycles. The maximum atomic E-state index is 11.3. The number of carboxylic acids is 1. The van der Waals surface area contributed by atoms with E-state index in [1.54, 1.807) is 13.1 Å². The van der Waals surface area contributed by atoms with Crippen molar-refractivity contribution in [2.24, 2.45) is 7.05 Å². The molecule has 0 unspecified atom stereocenters. The highest BCUT2D eigenvalue weighted by Gasteiger charge is 2.16. The third kappa shape index (κ3) is 2.45. The van der Waals surface area contributed by atoms with Crippen LogP contribution in [0, 0.1) is 5.41 Å². The highest BCUT2D eigenvalue weighted by molar-refractivity contribution is 7.85. The van der Waals surface area contributed by atoms with Gasteiger partial charge in [0.05, 0.1) is 38.6 Å². The van der Waals surface area contributed by atoms with Gasteiger partial charge in [0.2, 0.25) is 0 Å². The zero-order valence-electron chi connectivity index (χ0n) is 11.7. The van der Waals surface area contributed by atoms with Crippen molar-refractivity contribution in [3.8, 4) is 11.4 Å². The summed E-state index contributed by atoms with van der Waals surface area (Å²) in [7, 11) is -3.29. The fraction of sp³-hybridized carbons (Fsp3) is 0.0714. The molecule has 0 atom stereocenters. The number of hydrogen-bond acceptors (Lipinski definition) is 7. The number of aromatic carboxylic acids is 1. The molecule has 1 aromatic rings. The largest absolute Gasteiger partial charge is 0.744 e. The quantitative estimate of drug-likeness (QED) is 0.492. The number of benzene rings is 2. The van der Waals surface area contributed by atoms with Crippen LogP contribution in [0.1, 0.15) is 10.4 Å². The normalized spacial score (nSPS) is 11.9. The zero-order chi connectivity index (χ0) is 16.9. The Kier molecular flexibility index (Phi) is 3.20. The molecule has 1 aliphatic heterocycles. The molecule has 3 rings (SSSR count). The first kappa shape index (κ1) is 15.1. The monoisotopic (exact) mass is 331 g/mol. The average molecular weight is 331 g/mol. The van der Waals surface area contributed by atoms with Crippen molar-refractivity contribution in [2.45, 2.75) is 4.90 Å². The summed E-state index contributed by atoms with van der Waals surface area (Å²) in [6.07, 6.45) is 0. The second kappa shape index (κ2) is 4.86. The van der Waals surface area contributed by atoms with Gasteiger partial charge < -0.3 is 24.4 Å². The van der Waals surface area contributed by atoms with Gasteiger partial charge in [0.25, 0.3) is 0 Å². The smallest absolute Gasteiger partial charge is 0.124 e. The number of fused-ring (bicyclic) bond motifs is 2. The summed E-state index contributed by atoms with van der Waals surface area (Å²) in [6, 6.07) is 6.36. The van der Waals surface area contributed by atoms with Crippen molar-refractivity contribution in [1.82, 2.24) is 9.55 Å². The van der Waals surface area contributed by atoms with Crippen LogP contribution in [-0.4, -0.2) is 28.5 Å². The maximum Gasteiger partial charge on any atom is 0.124 e. The molecule has 0 spiro atoms. The van der Waals surface area contributed by atoms with Gasteiger partial charge in [-0.2, -0.15) is 0 Å². The minimum Gasteiger partial charge on any atom is -0.744 e. The molecule has 0 fully saturated rings. The molecule has 0 saturated heterocycles. The molecule has 0 bridgehead atoms. The summed E-state index contributed by atoms with van der Waals surface area (Å²) >= 11 is 0. The third-order valence-corrected chi connectivity index (χ3v) is 4.32. The van der Waals surface area contributed by atoms with Crippen LogP contribution in [0.4, 0.5) is 0 Å². The summed E-state index contributed by atoms with van der Waals surface area (Å²) in [5, 5.41) is 19.2. The van der Waals surface area contributed by atoms with E-state index < -0.39 is 26.5 Å². The molecular weight excluding hydrogens is 322 g/mol. The Morgan fingerprint density at radius 2 is 1.96 bits per heavy atom. The van der Waals surface area contributed by atoms with E-state index in [0.29, 0.717) is 11.4 Å². The average Bonchev–Trinajstić information content (AvgIpc) is 2.46. The first-order chi connectivity index (χ1) is 10.7. The SMILES string of the molecule is Cn1c2cc(=N)ccc-2nc2c(C(=O)[O-])cc(S(=O)(=O)[O-])cc21. The van der Waals surface area contributed by atoms with Gasteiger partial charge in [-0.1, -0.05) is 0 Å². The number of nitrogens with one attached hydrogen (secondary N) is 1. The van der Waals surface area contributed by atoms with Crippen molar-refractivity contribution in [1.29, 1.82) is 5.41 Å². The van der Waals surface area contributed by atoms with Gasteiger partial charge in [-0.3, -0.25) is 0 Å². The molecule has 0 radical (unpaired) electrons. The van der Waals surface area contributed by atoms with Gasteiger partial charge in [0.15, 0.2) is 0 Å². The van der Waals surface area contributed by atoms with Crippen LogP contribution >= 0.6 is 0 Å². The van der Waals surface area contributed by atoms with Gasteiger partial charge in [-0.25, -0.2) is 13.4 Å². The van der Waals surface area contributed by atoms with Crippen LogP contribution in [0.2, 0.25) is 0 Å². The Balaban J connectivity index is 2.58. The summed E-state index contributed by atoms with van der Waals surface area (Å²) in [5.41, 5.74) is 0.583. The first-order valence-electron chi connectivity index (χ1n) is 6.35. The van der Waals surface area contributed by atoms with E-state index in [1.165, 1.54) is 16.7 Å². The molecule has 0 saturated carbocycles. The molecular formula is C14H9N3O5S-2. The van der Waals surface area contributed by atoms with Gasteiger partial charge in [0.1, 0.15) is 10.1 Å². The number of aromatic nitrogens is 2. The lowest BCUT2D eigenvalue weighted by atomic mass is 10.1. The standard InChI is InChI=1S/C14H11N3O5S/c1-17-11-4-7(15)2-3-10(11)16-13-9(14(18)19)5-8(6-12(13)17)23(20,21)22/h2-6,15H,1H3,(H,18,19)(H,20,21,22)/p-2. The lowest BCUT2D eigenvalue weighted by molar-refractivity contribution is -0.254. The third-order valence-electron chi connectivity index (χ3n) is 3.50. The van der Waals surface area contributed by atoms with E-state index in [4.69, 9.17) is 5.41 Å². The molecule has 1 N–H and O–H groups in total. The highest BCUT2D eigenvalue weighted by atomic mass is 32.2. The fourth-order valence-electron chi connectivity index (χ4n) is 2.40. The van der Waals surface area contributed by atoms with Crippen molar-refractivity contribution < 1.29 is 22.9 Å². The number of aryl methyl sites for hydroxylation is 1. The van der Waals surface area contributed by atoms with Gasteiger partial charge in [0, 0.05) is 12.6 Å². The minimum atomic E-state index is -4.85. The summed E-state index contributed by atoms with van der Waals surface area (Å²) in [5.74, 6) is -1.63. The lowest BCUT2D eigenvalue weighted by Crippen LogP contribution is -2.24. The lowest BCUT2D eigenvalue weighted by Gasteiger charge is -2.19. The fourth-order valence-corrected chi connectivity index (χ4v) is 2.92. The minimum absolute atomic E-state index is 0.00475. The van der Waals surface area contributed by atoms with E-state index in [0.717, 1.165) is 12.1 Å². The molecule has 1 aromatic carbocycles. The Hall–Kier alpha value is -2.78. The number of rotatable bonds is 2. The number of carbonyl (C=O) groups excluding carboxylic acids is 1. The van der Waals surface area contributed by atoms with Gasteiger partial charge >= 0.3 is 0 Å². The van der Waals surface area contributed by atoms with Gasteiger partial charge in [-0.15, -0.1) is 0 Å². The summed E-state index contributed by atoms with van der Waals surface area (Å²) < 4.78 is 35.2. The second-order valence-corrected chi connectivity index (χ2v) is 6.33. The number of nitrogens with zero attached hydrogens (tertiary/aromatic N) is 2. The van der Waals surface area contributed by atoms with Crippen LogP contribution in [0.3, 0.4) is 0 Å². The first-order valence-corrected chi connectivity index (χ1v) is 7.75. The number of carboxylic acid groups (broad SMARTS) is 1. The molecule has 8 nitrogen and oxygen atoms in total. The highest BCUT2D eigenvalue weighted by Crippen LogP contribution is 2.27. The summed E-state index contributed by atoms with van der Waals surface area (Å²) in [6.45, 7) is 0. The Morgan fingerprint density at radius 1 is 1.26 bits per heavy atom. The number of carbonyl (C=O) groups is 1. The van der Waals surface area contributed by atoms with Crippen molar-refractivity contribution in [3.63, 3.8) is 0 Å². The molecule has 0 amide bonds. The maximum absolute atomic E-state index is 11.3. The summed E-state index contributed by atoms with van der Waals surface area (Å²) in [4.78, 5) is 14.8. The van der Waals surface area contributed by atoms with Crippen molar-refractivity contribution >= 4 is 27.1 Å². The van der Waals surface area contributed by atoms with Crippen LogP contribution in [0.5, 0.6) is 0 Å². The Labute approximate surface area is 130 Å². The van der Waals surface area contributed by atoms with E-state index in [-0.39, 0.29) is 16.4 Å². The predicted octanol–water partition coefficient (Wildman–Crippen LogP) is -0.575. The Morgan fingerprint density at radius 3 is 2.57 bits per heavy atom. The van der Waals surface area contributed by atoms with Crippen LogP contribution in [-0.2, 0) is 17.2 Å². The molecule has 118 valence electrons. The van der Waals surface area contributed by atoms with Gasteiger partial charge in [-0.05, 0) is 30.3 Å². The molecule has 0 aromatic heterocycles. The topological polar surface area (TPSA) is 139 Å². The molecule has 9 heteroatoms. The van der Waals surface area contributed by atoms with Crippen molar-refractivity contribution in [3.05, 3.63) is 41.3 Å². The molecule has 1 heterocycles. The van der Waals surface area contributed by atoms with Crippen LogP contribution in [0.15, 0.2) is 35.2 Å². The van der Waals surface area contributed by atoms with E-state index in [1.807, 2.05) is 0 Å². The van der Waals surface area contributed by atoms with Crippen LogP contribution < -0.4 is 10.5 Å². The van der Waals surface area contributed by atoms with E-state index in [9.17, 15) is 22.9 Å². The van der Waals surface area contributed by atoms with E-state index in [2.05, 4.69) is 4.98 Å². The second-order valence-electron chi connectivity index (χ2n) is 4.95. The molecule has 23 heavy (non-hydrogen) atoms.